The fourth-order valence-electron chi connectivity index (χ4n) is 8.42. The van der Waals surface area contributed by atoms with Crippen molar-refractivity contribution in [2.75, 3.05) is 0 Å². The molecule has 0 aliphatic heterocycles. The van der Waals surface area contributed by atoms with Gasteiger partial charge in [-0.15, -0.1) is 0 Å². The Hall–Kier alpha value is -4.75. The van der Waals surface area contributed by atoms with Crippen LogP contribution in [0, 0.1) is 5.41 Å². The quantitative estimate of drug-likeness (QED) is 0.121. The van der Waals surface area contributed by atoms with Crippen molar-refractivity contribution in [2.45, 2.75) is 139 Å². The Morgan fingerprint density at radius 2 is 1.05 bits per heavy atom. The average Bonchev–Trinajstić information content (AvgIpc) is 3.65. The number of nitrogens with zero attached hydrogens (tertiary/aromatic N) is 2. The van der Waals surface area contributed by atoms with E-state index in [0.717, 1.165) is 46.0 Å². The Morgan fingerprint density at radius 1 is 0.500 bits per heavy atom. The third-order valence-corrected chi connectivity index (χ3v) is 15.5. The second-order valence-electron chi connectivity index (χ2n) is 22.1. The molecule has 332 valence electrons. The van der Waals surface area contributed by atoms with Crippen LogP contribution in [-0.2, 0) is 17.3 Å². The van der Waals surface area contributed by atoms with Gasteiger partial charge in [0.25, 0.3) is 0 Å². The third kappa shape index (κ3) is 11.0. The van der Waals surface area contributed by atoms with Crippen molar-refractivity contribution in [1.29, 1.82) is 0 Å². The summed E-state index contributed by atoms with van der Waals surface area (Å²) in [5.74, 6) is 2.93. The molecular formula is C60H70N2OTe. The van der Waals surface area contributed by atoms with E-state index in [2.05, 4.69) is 213 Å². The summed E-state index contributed by atoms with van der Waals surface area (Å²) in [7, 11) is 0. The van der Waals surface area contributed by atoms with Gasteiger partial charge in [-0.2, -0.15) is 0 Å². The molecule has 64 heavy (non-hydrogen) atoms. The van der Waals surface area contributed by atoms with Crippen LogP contribution in [0.3, 0.4) is 0 Å². The fraction of sp³-hybridized carbons (Fsp3) is 0.367. The summed E-state index contributed by atoms with van der Waals surface area (Å²) in [6.45, 7) is 34.5. The molecule has 3 nitrogen and oxygen atoms in total. The zero-order valence-electron chi connectivity index (χ0n) is 41.2. The Morgan fingerprint density at radius 3 is 1.59 bits per heavy atom. The molecule has 0 unspecified atom stereocenters. The van der Waals surface area contributed by atoms with Crippen molar-refractivity contribution in [1.82, 2.24) is 9.97 Å². The molecule has 0 aliphatic rings. The molecule has 0 bridgehead atoms. The van der Waals surface area contributed by atoms with E-state index in [1.54, 1.807) is 0 Å². The molecule has 7 aromatic rings. The van der Waals surface area contributed by atoms with Crippen molar-refractivity contribution in [3.05, 3.63) is 155 Å². The van der Waals surface area contributed by atoms with Crippen LogP contribution in [-0.4, -0.2) is 30.4 Å². The number of benzene rings is 4. The second kappa shape index (κ2) is 18.6. The van der Waals surface area contributed by atoms with Crippen molar-refractivity contribution >= 4 is 20.4 Å². The van der Waals surface area contributed by atoms with E-state index < -0.39 is 20.4 Å². The van der Waals surface area contributed by atoms with Crippen LogP contribution in [0.4, 0.5) is 0 Å². The van der Waals surface area contributed by atoms with Gasteiger partial charge in [-0.05, 0) is 28.5 Å². The molecule has 0 aliphatic carbocycles. The molecule has 4 heteroatoms. The summed E-state index contributed by atoms with van der Waals surface area (Å²) in [4.78, 5) is 9.97. The Kier molecular flexibility index (Phi) is 13.7. The van der Waals surface area contributed by atoms with E-state index in [-0.39, 0.29) is 16.2 Å². The number of ether oxygens (including phenoxy) is 1. The van der Waals surface area contributed by atoms with Crippen LogP contribution in [0.15, 0.2) is 122 Å². The molecule has 0 fully saturated rings. The first kappa shape index (κ1) is 47.2. The molecule has 3 heterocycles. The standard InChI is InChI=1S/C60H70N2OTe/c1-37(2)45-30-50(38(3)4)56(51(31-45)39(5)6)57-54(35-55(64-57)53-34-47(25-27-62-53)59(10,11)12)63-49-29-46(28-48(33-49)60(13,14)15)52-32-44(24-26-61-52)43-22-20-42(21-23-43)41-18-16-40(17-19-41)36-58(7,8)9/h16-35,37-39H,36H2,1-15H3. The van der Waals surface area contributed by atoms with E-state index in [1.165, 1.54) is 57.2 Å². The molecule has 0 amide bonds. The number of hydrogen-bond acceptors (Lipinski definition) is 3. The van der Waals surface area contributed by atoms with Crippen LogP contribution in [0.25, 0.3) is 51.9 Å². The van der Waals surface area contributed by atoms with Crippen molar-refractivity contribution in [3.8, 4) is 63.4 Å². The summed E-state index contributed by atoms with van der Waals surface area (Å²) in [6, 6.07) is 40.8. The average molecular weight is 963 g/mol. The molecule has 0 saturated carbocycles. The first-order valence-corrected chi connectivity index (χ1v) is 25.7. The van der Waals surface area contributed by atoms with Gasteiger partial charge in [0.05, 0.1) is 0 Å². The van der Waals surface area contributed by atoms with Crippen molar-refractivity contribution in [3.63, 3.8) is 0 Å². The molecule has 4 aromatic carbocycles. The van der Waals surface area contributed by atoms with Crippen LogP contribution in [0.5, 0.6) is 11.5 Å². The van der Waals surface area contributed by atoms with Crippen molar-refractivity contribution < 1.29 is 4.74 Å². The number of aromatic nitrogens is 2. The molecule has 0 N–H and O–H groups in total. The normalized spacial score (nSPS) is 12.5. The maximum atomic E-state index is 7.32. The van der Waals surface area contributed by atoms with Gasteiger partial charge in [0.15, 0.2) is 0 Å². The second-order valence-corrected chi connectivity index (χ2v) is 25.1. The molecular weight excluding hydrogens is 892 g/mol. The van der Waals surface area contributed by atoms with E-state index in [9.17, 15) is 0 Å². The predicted molar refractivity (Wildman–Crippen MR) is 275 cm³/mol. The molecule has 0 atom stereocenters. The Labute approximate surface area is 395 Å². The van der Waals surface area contributed by atoms with Gasteiger partial charge in [-0.25, -0.2) is 0 Å². The summed E-state index contributed by atoms with van der Waals surface area (Å²) in [5, 5.41) is 0. The van der Waals surface area contributed by atoms with Crippen LogP contribution < -0.4 is 4.74 Å². The zero-order chi connectivity index (χ0) is 46.3. The Bertz CT molecular complexity index is 2700. The SMILES string of the molecule is CC(C)c1cc(C(C)C)c(-c2[te]c(-c3cc(C(C)(C)C)ccn3)cc2Oc2cc(-c3cc(-c4ccc(-c5ccc(CC(C)(C)C)cc5)cc4)ccn3)cc(C(C)(C)C)c2)c(C(C)C)c1. The molecule has 7 rings (SSSR count). The molecule has 0 saturated heterocycles. The van der Waals surface area contributed by atoms with Gasteiger partial charge in [-0.1, -0.05) is 45.0 Å². The predicted octanol–water partition coefficient (Wildman–Crippen LogP) is 17.2. The van der Waals surface area contributed by atoms with Gasteiger partial charge in [-0.3, -0.25) is 0 Å². The summed E-state index contributed by atoms with van der Waals surface area (Å²) in [6.07, 6.45) is 4.99. The maximum absolute atomic E-state index is 7.32. The monoisotopic (exact) mass is 964 g/mol. The number of pyridine rings is 2. The van der Waals surface area contributed by atoms with Gasteiger partial charge in [0.2, 0.25) is 0 Å². The minimum atomic E-state index is -0.895. The zero-order valence-corrected chi connectivity index (χ0v) is 43.5. The summed E-state index contributed by atoms with van der Waals surface area (Å²) in [5.41, 5.74) is 17.4. The van der Waals surface area contributed by atoms with Gasteiger partial charge in [0.1, 0.15) is 0 Å². The first-order chi connectivity index (χ1) is 30.0. The molecule has 0 radical (unpaired) electrons. The van der Waals surface area contributed by atoms with E-state index in [0.29, 0.717) is 17.8 Å². The van der Waals surface area contributed by atoms with Gasteiger partial charge in [0, 0.05) is 0 Å². The van der Waals surface area contributed by atoms with Crippen LogP contribution >= 0.6 is 0 Å². The van der Waals surface area contributed by atoms with Crippen molar-refractivity contribution in [2.24, 2.45) is 5.41 Å². The first-order valence-electron chi connectivity index (χ1n) is 23.3. The number of rotatable bonds is 11. The van der Waals surface area contributed by atoms with Crippen LogP contribution in [0.1, 0.15) is 155 Å². The minimum absolute atomic E-state index is 0.0205. The van der Waals surface area contributed by atoms with Gasteiger partial charge < -0.3 is 0 Å². The van der Waals surface area contributed by atoms with E-state index >= 15 is 0 Å². The topological polar surface area (TPSA) is 35.0 Å². The van der Waals surface area contributed by atoms with E-state index in [1.807, 2.05) is 12.4 Å². The van der Waals surface area contributed by atoms with E-state index in [4.69, 9.17) is 14.7 Å². The molecule has 3 aromatic heterocycles. The molecule has 0 spiro atoms. The fourth-order valence-corrected chi connectivity index (χ4v) is 11.7. The number of hydrogen-bond donors (Lipinski definition) is 0. The van der Waals surface area contributed by atoms with Gasteiger partial charge >= 0.3 is 324 Å². The Balaban J connectivity index is 1.31. The third-order valence-electron chi connectivity index (χ3n) is 12.2. The van der Waals surface area contributed by atoms with Crippen LogP contribution in [0.2, 0.25) is 0 Å². The summed E-state index contributed by atoms with van der Waals surface area (Å²) < 4.78 is 9.99. The summed E-state index contributed by atoms with van der Waals surface area (Å²) >= 11 is -0.895.